The first-order valence-corrected chi connectivity index (χ1v) is 6.53. The minimum atomic E-state index is 0.573. The van der Waals surface area contributed by atoms with E-state index in [9.17, 15) is 0 Å². The number of aryl methyl sites for hydroxylation is 1. The third kappa shape index (κ3) is 1.04. The van der Waals surface area contributed by atoms with Gasteiger partial charge in [0.1, 0.15) is 0 Å². The van der Waals surface area contributed by atoms with Crippen LogP contribution < -0.4 is 5.73 Å². The van der Waals surface area contributed by atoms with Crippen molar-refractivity contribution < 1.29 is 0 Å². The van der Waals surface area contributed by atoms with Gasteiger partial charge in [0.2, 0.25) is 0 Å². The van der Waals surface area contributed by atoms with Crippen LogP contribution in [0.4, 0.5) is 0 Å². The highest BCUT2D eigenvalue weighted by Gasteiger charge is 2.42. The Kier molecular flexibility index (Phi) is 1.96. The molecule has 0 amide bonds. The standard InChI is InChI=1S/C12H17NS/c13-7-9-8-14-10-3-6-12(11(9)10)4-1-2-5-12/h8H,1-7,13H2. The van der Waals surface area contributed by atoms with Crippen molar-refractivity contribution >= 4 is 11.3 Å². The number of hydrogen-bond acceptors (Lipinski definition) is 2. The molecule has 0 saturated heterocycles. The number of nitrogens with two attached hydrogens (primary N) is 1. The zero-order valence-corrected chi connectivity index (χ0v) is 9.33. The fourth-order valence-corrected chi connectivity index (χ4v) is 4.62. The van der Waals surface area contributed by atoms with Gasteiger partial charge in [0.15, 0.2) is 0 Å². The highest BCUT2D eigenvalue weighted by atomic mass is 32.1. The summed E-state index contributed by atoms with van der Waals surface area (Å²) in [6.07, 6.45) is 8.42. The Balaban J connectivity index is 2.10. The van der Waals surface area contributed by atoms with E-state index in [0.717, 1.165) is 6.54 Å². The van der Waals surface area contributed by atoms with Crippen molar-refractivity contribution in [3.63, 3.8) is 0 Å². The molecule has 76 valence electrons. The maximum absolute atomic E-state index is 5.82. The van der Waals surface area contributed by atoms with Crippen LogP contribution in [0.5, 0.6) is 0 Å². The summed E-state index contributed by atoms with van der Waals surface area (Å²) >= 11 is 1.94. The number of hydrogen-bond donors (Lipinski definition) is 1. The first-order chi connectivity index (χ1) is 6.86. The third-order valence-electron chi connectivity index (χ3n) is 4.08. The van der Waals surface area contributed by atoms with Crippen LogP contribution in [0.2, 0.25) is 0 Å². The Morgan fingerprint density at radius 3 is 2.79 bits per heavy atom. The Morgan fingerprint density at radius 1 is 1.29 bits per heavy atom. The molecule has 1 saturated carbocycles. The van der Waals surface area contributed by atoms with Crippen LogP contribution in [-0.4, -0.2) is 0 Å². The molecule has 3 rings (SSSR count). The quantitative estimate of drug-likeness (QED) is 0.752. The highest BCUT2D eigenvalue weighted by molar-refractivity contribution is 7.10. The SMILES string of the molecule is NCc1csc2c1C1(CCCC1)CC2. The average molecular weight is 207 g/mol. The minimum absolute atomic E-state index is 0.573. The van der Waals surface area contributed by atoms with Crippen molar-refractivity contribution in [2.24, 2.45) is 5.73 Å². The van der Waals surface area contributed by atoms with E-state index >= 15 is 0 Å². The zero-order chi connectivity index (χ0) is 9.60. The van der Waals surface area contributed by atoms with Crippen LogP contribution in [0.1, 0.15) is 48.1 Å². The number of fused-ring (bicyclic) bond motifs is 2. The molecule has 0 atom stereocenters. The van der Waals surface area contributed by atoms with Gasteiger partial charge in [0.05, 0.1) is 0 Å². The molecule has 1 spiro atoms. The molecule has 2 aliphatic carbocycles. The second-order valence-electron chi connectivity index (χ2n) is 4.75. The van der Waals surface area contributed by atoms with Crippen LogP contribution in [-0.2, 0) is 18.4 Å². The zero-order valence-electron chi connectivity index (χ0n) is 8.51. The van der Waals surface area contributed by atoms with Gasteiger partial charge in [-0.25, -0.2) is 0 Å². The second kappa shape index (κ2) is 3.07. The molecule has 1 fully saturated rings. The van der Waals surface area contributed by atoms with Crippen LogP contribution in [0.25, 0.3) is 0 Å². The molecule has 0 aliphatic heterocycles. The van der Waals surface area contributed by atoms with Crippen molar-refractivity contribution in [1.29, 1.82) is 0 Å². The van der Waals surface area contributed by atoms with Crippen LogP contribution in [0.3, 0.4) is 0 Å². The summed E-state index contributed by atoms with van der Waals surface area (Å²) < 4.78 is 0. The lowest BCUT2D eigenvalue weighted by atomic mass is 9.79. The largest absolute Gasteiger partial charge is 0.326 e. The van der Waals surface area contributed by atoms with Crippen molar-refractivity contribution in [3.8, 4) is 0 Å². The summed E-state index contributed by atoms with van der Waals surface area (Å²) in [5.74, 6) is 0. The van der Waals surface area contributed by atoms with Crippen molar-refractivity contribution in [2.45, 2.75) is 50.5 Å². The number of thiophene rings is 1. The fourth-order valence-electron chi connectivity index (χ4n) is 3.44. The molecular weight excluding hydrogens is 190 g/mol. The van der Waals surface area contributed by atoms with E-state index in [4.69, 9.17) is 5.73 Å². The summed E-state index contributed by atoms with van der Waals surface area (Å²) in [6.45, 7) is 0.744. The smallest absolute Gasteiger partial charge is 0.0189 e. The van der Waals surface area contributed by atoms with Gasteiger partial charge in [-0.3, -0.25) is 0 Å². The molecule has 1 aromatic rings. The van der Waals surface area contributed by atoms with Gasteiger partial charge in [-0.2, -0.15) is 0 Å². The molecule has 1 nitrogen and oxygen atoms in total. The lowest BCUT2D eigenvalue weighted by molar-refractivity contribution is 0.436. The lowest BCUT2D eigenvalue weighted by Crippen LogP contribution is -2.19. The van der Waals surface area contributed by atoms with Gasteiger partial charge >= 0.3 is 0 Å². The summed E-state index contributed by atoms with van der Waals surface area (Å²) in [7, 11) is 0. The average Bonchev–Trinajstić information content (AvgIpc) is 2.88. The number of rotatable bonds is 1. The van der Waals surface area contributed by atoms with E-state index in [1.165, 1.54) is 44.1 Å². The van der Waals surface area contributed by atoms with Crippen molar-refractivity contribution in [2.75, 3.05) is 0 Å². The highest BCUT2D eigenvalue weighted by Crippen LogP contribution is 2.53. The second-order valence-corrected chi connectivity index (χ2v) is 5.71. The van der Waals surface area contributed by atoms with Gasteiger partial charge in [-0.15, -0.1) is 11.3 Å². The Hall–Kier alpha value is -0.340. The Labute approximate surface area is 89.3 Å². The predicted molar refractivity (Wildman–Crippen MR) is 60.7 cm³/mol. The topological polar surface area (TPSA) is 26.0 Å². The molecule has 0 aromatic carbocycles. The molecule has 14 heavy (non-hydrogen) atoms. The Morgan fingerprint density at radius 2 is 2.07 bits per heavy atom. The first kappa shape index (κ1) is 8.93. The lowest BCUT2D eigenvalue weighted by Gasteiger charge is -2.24. The van der Waals surface area contributed by atoms with E-state index in [2.05, 4.69) is 5.38 Å². The monoisotopic (exact) mass is 207 g/mol. The van der Waals surface area contributed by atoms with E-state index in [0.29, 0.717) is 5.41 Å². The van der Waals surface area contributed by atoms with Gasteiger partial charge in [-0.05, 0) is 47.6 Å². The molecule has 0 unspecified atom stereocenters. The van der Waals surface area contributed by atoms with Gasteiger partial charge < -0.3 is 5.73 Å². The fraction of sp³-hybridized carbons (Fsp3) is 0.667. The van der Waals surface area contributed by atoms with Gasteiger partial charge in [-0.1, -0.05) is 12.8 Å². The Bertz CT molecular complexity index is 347. The molecule has 0 radical (unpaired) electrons. The summed E-state index contributed by atoms with van der Waals surface area (Å²) in [4.78, 5) is 1.65. The van der Waals surface area contributed by atoms with E-state index in [-0.39, 0.29) is 0 Å². The minimum Gasteiger partial charge on any atom is -0.326 e. The first-order valence-electron chi connectivity index (χ1n) is 5.65. The van der Waals surface area contributed by atoms with Crippen molar-refractivity contribution in [1.82, 2.24) is 0 Å². The van der Waals surface area contributed by atoms with E-state index < -0.39 is 0 Å². The van der Waals surface area contributed by atoms with Crippen LogP contribution >= 0.6 is 11.3 Å². The molecule has 2 heteroatoms. The van der Waals surface area contributed by atoms with E-state index in [1.807, 2.05) is 11.3 Å². The molecule has 2 aliphatic rings. The van der Waals surface area contributed by atoms with Crippen LogP contribution in [0.15, 0.2) is 5.38 Å². The summed E-state index contributed by atoms with van der Waals surface area (Å²) in [6, 6.07) is 0. The summed E-state index contributed by atoms with van der Waals surface area (Å²) in [5.41, 5.74) is 9.53. The molecule has 2 N–H and O–H groups in total. The van der Waals surface area contributed by atoms with Gasteiger partial charge in [0, 0.05) is 11.4 Å². The maximum Gasteiger partial charge on any atom is 0.0189 e. The van der Waals surface area contributed by atoms with Crippen molar-refractivity contribution in [3.05, 3.63) is 21.4 Å². The summed E-state index contributed by atoms with van der Waals surface area (Å²) in [5, 5.41) is 2.30. The van der Waals surface area contributed by atoms with E-state index in [1.54, 1.807) is 10.4 Å². The van der Waals surface area contributed by atoms with Crippen LogP contribution in [0, 0.1) is 0 Å². The molecule has 1 aromatic heterocycles. The maximum atomic E-state index is 5.82. The molecule has 1 heterocycles. The predicted octanol–water partition coefficient (Wildman–Crippen LogP) is 2.96. The normalized spacial score (nSPS) is 23.2. The molecular formula is C12H17NS. The van der Waals surface area contributed by atoms with Gasteiger partial charge in [0.25, 0.3) is 0 Å². The third-order valence-corrected chi connectivity index (χ3v) is 5.18. The molecule has 0 bridgehead atoms.